The Labute approximate surface area is 245 Å². The van der Waals surface area contributed by atoms with Crippen LogP contribution < -0.4 is 4.72 Å². The van der Waals surface area contributed by atoms with E-state index in [0.29, 0.717) is 28.2 Å². The summed E-state index contributed by atoms with van der Waals surface area (Å²) < 4.78 is 65.6. The fourth-order valence-electron chi connectivity index (χ4n) is 3.62. The molecule has 0 bridgehead atoms. The van der Waals surface area contributed by atoms with Crippen LogP contribution in [0.25, 0.3) is 11.1 Å². The Bertz CT molecular complexity index is 1330. The summed E-state index contributed by atoms with van der Waals surface area (Å²) in [5.41, 5.74) is 1.72. The highest BCUT2D eigenvalue weighted by atomic mass is 32.2. The molecule has 0 amide bonds. The van der Waals surface area contributed by atoms with Crippen molar-refractivity contribution in [1.82, 2.24) is 4.72 Å². The van der Waals surface area contributed by atoms with Crippen LogP contribution in [-0.4, -0.2) is 17.3 Å². The molecule has 0 radical (unpaired) electrons. The van der Waals surface area contributed by atoms with Gasteiger partial charge >= 0.3 is 6.18 Å². The topological polar surface area (TPSA) is 38.3 Å². The Morgan fingerprint density at radius 3 is 2.02 bits per heavy atom. The minimum atomic E-state index is -4.59. The van der Waals surface area contributed by atoms with E-state index in [1.807, 2.05) is 51.1 Å². The molecule has 1 N–H and O–H groups in total. The summed E-state index contributed by atoms with van der Waals surface area (Å²) in [5.74, 6) is 0. The second-order valence-electron chi connectivity index (χ2n) is 12.3. The standard InChI is InChI=1S/C31H40F3NO2S2Si/c1-29(2,3)39(36)35-20-25-18-24(22-14-10-9-11-15-22)19-26(31(32,33)34)28(25)38-27-17-13-12-16-23(27)21-37-40(7,8)30(4,5)6/h9-19,35H,20-21H2,1-8H3. The largest absolute Gasteiger partial charge is 0.417 e. The molecule has 0 aromatic heterocycles. The van der Waals surface area contributed by atoms with E-state index in [1.54, 1.807) is 30.3 Å². The molecule has 1 atom stereocenters. The van der Waals surface area contributed by atoms with E-state index in [2.05, 4.69) is 38.6 Å². The lowest BCUT2D eigenvalue weighted by atomic mass is 9.99. The van der Waals surface area contributed by atoms with E-state index in [9.17, 15) is 17.4 Å². The average Bonchev–Trinajstić information content (AvgIpc) is 2.85. The first-order valence-corrected chi connectivity index (χ1v) is 18.1. The molecule has 3 rings (SSSR count). The molecule has 3 aromatic carbocycles. The van der Waals surface area contributed by atoms with Crippen LogP contribution >= 0.6 is 11.8 Å². The van der Waals surface area contributed by atoms with E-state index >= 15 is 0 Å². The summed E-state index contributed by atoms with van der Waals surface area (Å²) in [5, 5.41) is 0.00729. The lowest BCUT2D eigenvalue weighted by Gasteiger charge is -2.36. The molecular weight excluding hydrogens is 568 g/mol. The van der Waals surface area contributed by atoms with Crippen molar-refractivity contribution < 1.29 is 21.8 Å². The molecular formula is C31H40F3NO2S2Si. The normalized spacial score (nSPS) is 13.9. The van der Waals surface area contributed by atoms with Gasteiger partial charge in [-0.3, -0.25) is 0 Å². The maximum atomic E-state index is 14.6. The molecule has 0 fully saturated rings. The first kappa shape index (κ1) is 32.6. The van der Waals surface area contributed by atoms with Crippen molar-refractivity contribution in [3.8, 4) is 11.1 Å². The van der Waals surface area contributed by atoms with Crippen LogP contribution in [-0.2, 0) is 34.7 Å². The number of benzene rings is 3. The molecule has 0 saturated heterocycles. The fourth-order valence-corrected chi connectivity index (χ4v) is 6.46. The SMILES string of the molecule is CC(C)(C)S(=O)NCc1cc(-c2ccccc2)cc(C(F)(F)F)c1Sc1ccccc1CO[Si](C)(C)C(C)(C)C. The van der Waals surface area contributed by atoms with Crippen LogP contribution in [0.2, 0.25) is 18.1 Å². The van der Waals surface area contributed by atoms with Gasteiger partial charge < -0.3 is 4.43 Å². The van der Waals surface area contributed by atoms with Crippen molar-refractivity contribution in [2.45, 2.75) is 93.5 Å². The summed E-state index contributed by atoms with van der Waals surface area (Å²) in [6.07, 6.45) is -4.59. The highest BCUT2D eigenvalue weighted by Crippen LogP contribution is 2.45. The van der Waals surface area contributed by atoms with Gasteiger partial charge in [-0.2, -0.15) is 13.2 Å². The van der Waals surface area contributed by atoms with E-state index < -0.39 is 35.8 Å². The second-order valence-corrected chi connectivity index (χ2v) is 20.2. The maximum Gasteiger partial charge on any atom is 0.417 e. The zero-order valence-electron chi connectivity index (χ0n) is 24.5. The van der Waals surface area contributed by atoms with Crippen LogP contribution in [0.4, 0.5) is 13.2 Å². The maximum absolute atomic E-state index is 14.6. The van der Waals surface area contributed by atoms with Gasteiger partial charge in [0.15, 0.2) is 8.32 Å². The summed E-state index contributed by atoms with van der Waals surface area (Å²) in [4.78, 5) is 0.808. The van der Waals surface area contributed by atoms with Crippen molar-refractivity contribution in [1.29, 1.82) is 0 Å². The Morgan fingerprint density at radius 2 is 1.45 bits per heavy atom. The highest BCUT2D eigenvalue weighted by Gasteiger charge is 2.38. The first-order chi connectivity index (χ1) is 18.4. The lowest BCUT2D eigenvalue weighted by Crippen LogP contribution is -2.40. The highest BCUT2D eigenvalue weighted by molar-refractivity contribution is 7.99. The zero-order valence-corrected chi connectivity index (χ0v) is 27.2. The third-order valence-electron chi connectivity index (χ3n) is 7.11. The molecule has 0 saturated carbocycles. The quantitative estimate of drug-likeness (QED) is 0.246. The van der Waals surface area contributed by atoms with Crippen LogP contribution in [0.3, 0.4) is 0 Å². The minimum absolute atomic E-state index is 0.00729. The predicted octanol–water partition coefficient (Wildman–Crippen LogP) is 9.60. The Hall–Kier alpha value is -1.91. The molecule has 218 valence electrons. The van der Waals surface area contributed by atoms with Crippen molar-refractivity contribution in [2.24, 2.45) is 0 Å². The lowest BCUT2D eigenvalue weighted by molar-refractivity contribution is -0.139. The van der Waals surface area contributed by atoms with Gasteiger partial charge in [0.1, 0.15) is 0 Å². The molecule has 40 heavy (non-hydrogen) atoms. The number of halogens is 3. The summed E-state index contributed by atoms with van der Waals surface area (Å²) in [6, 6.07) is 19.5. The van der Waals surface area contributed by atoms with Crippen molar-refractivity contribution >= 4 is 31.1 Å². The zero-order chi connectivity index (χ0) is 29.9. The molecule has 0 heterocycles. The van der Waals surface area contributed by atoms with E-state index in [1.165, 1.54) is 6.07 Å². The molecule has 0 aliphatic carbocycles. The monoisotopic (exact) mass is 607 g/mol. The summed E-state index contributed by atoms with van der Waals surface area (Å²) >= 11 is 1.09. The van der Waals surface area contributed by atoms with Crippen molar-refractivity contribution in [3.63, 3.8) is 0 Å². The van der Waals surface area contributed by atoms with Crippen LogP contribution in [0.5, 0.6) is 0 Å². The minimum Gasteiger partial charge on any atom is -0.413 e. The Kier molecular flexibility index (Phi) is 10.2. The van der Waals surface area contributed by atoms with Crippen LogP contribution in [0.15, 0.2) is 76.5 Å². The van der Waals surface area contributed by atoms with Crippen LogP contribution in [0, 0.1) is 0 Å². The van der Waals surface area contributed by atoms with Gasteiger partial charge in [-0.15, -0.1) is 0 Å². The first-order valence-electron chi connectivity index (χ1n) is 13.2. The van der Waals surface area contributed by atoms with Gasteiger partial charge in [-0.05, 0) is 79.4 Å². The predicted molar refractivity (Wildman–Crippen MR) is 164 cm³/mol. The fraction of sp³-hybridized carbons (Fsp3) is 0.419. The molecule has 9 heteroatoms. The van der Waals surface area contributed by atoms with Crippen LogP contribution in [0.1, 0.15) is 58.2 Å². The molecule has 1 unspecified atom stereocenters. The van der Waals surface area contributed by atoms with E-state index in [-0.39, 0.29) is 16.5 Å². The number of alkyl halides is 3. The van der Waals surface area contributed by atoms with Gasteiger partial charge in [-0.25, -0.2) is 8.93 Å². The van der Waals surface area contributed by atoms with Gasteiger partial charge in [0.2, 0.25) is 0 Å². The average molecular weight is 608 g/mol. The number of rotatable bonds is 9. The molecule has 3 aromatic rings. The second kappa shape index (κ2) is 12.5. The van der Waals surface area contributed by atoms with E-state index in [0.717, 1.165) is 17.3 Å². The Morgan fingerprint density at radius 1 is 0.850 bits per heavy atom. The number of hydrogen-bond acceptors (Lipinski definition) is 3. The third-order valence-corrected chi connectivity index (χ3v) is 14.4. The van der Waals surface area contributed by atoms with Crippen molar-refractivity contribution in [3.05, 3.63) is 83.4 Å². The molecule has 0 aliphatic rings. The summed E-state index contributed by atoms with van der Waals surface area (Å²) in [6.45, 7) is 16.6. The summed E-state index contributed by atoms with van der Waals surface area (Å²) in [7, 11) is -3.53. The van der Waals surface area contributed by atoms with Gasteiger partial charge in [0.25, 0.3) is 0 Å². The van der Waals surface area contributed by atoms with E-state index in [4.69, 9.17) is 4.43 Å². The Balaban J connectivity index is 2.11. The smallest absolute Gasteiger partial charge is 0.413 e. The van der Waals surface area contributed by atoms with Crippen molar-refractivity contribution in [2.75, 3.05) is 0 Å². The number of nitrogens with one attached hydrogen (secondary N) is 1. The molecule has 0 aliphatic heterocycles. The number of hydrogen-bond donors (Lipinski definition) is 1. The third kappa shape index (κ3) is 8.32. The van der Waals surface area contributed by atoms with Gasteiger partial charge in [0.05, 0.1) is 27.9 Å². The van der Waals surface area contributed by atoms with Gasteiger partial charge in [-0.1, -0.05) is 81.1 Å². The van der Waals surface area contributed by atoms with Gasteiger partial charge in [0, 0.05) is 16.3 Å². The molecule has 0 spiro atoms. The molecule has 3 nitrogen and oxygen atoms in total.